The van der Waals surface area contributed by atoms with Gasteiger partial charge in [0.2, 0.25) is 0 Å². The van der Waals surface area contributed by atoms with Crippen LogP contribution < -0.4 is 5.56 Å². The van der Waals surface area contributed by atoms with E-state index in [9.17, 15) is 22.8 Å². The van der Waals surface area contributed by atoms with Gasteiger partial charge in [-0.25, -0.2) is 9.78 Å². The van der Waals surface area contributed by atoms with Crippen LogP contribution in [0.2, 0.25) is 0 Å². The number of hydrogen-bond donors (Lipinski definition) is 0. The summed E-state index contributed by atoms with van der Waals surface area (Å²) >= 11 is 0. The van der Waals surface area contributed by atoms with Crippen LogP contribution in [0.25, 0.3) is 0 Å². The predicted octanol–water partition coefficient (Wildman–Crippen LogP) is 2.56. The number of carbonyl (C=O) groups is 1. The Morgan fingerprint density at radius 2 is 2.09 bits per heavy atom. The summed E-state index contributed by atoms with van der Waals surface area (Å²) in [5, 5.41) is 0. The zero-order valence-corrected chi connectivity index (χ0v) is 12.1. The number of alkyl halides is 3. The van der Waals surface area contributed by atoms with Crippen LogP contribution in [-0.2, 0) is 15.7 Å². The smallest absolute Gasteiger partial charge is 0.434 e. The van der Waals surface area contributed by atoms with E-state index in [1.54, 1.807) is 0 Å². The average molecular weight is 318 g/mol. The molecule has 1 fully saturated rings. The van der Waals surface area contributed by atoms with Gasteiger partial charge in [-0.15, -0.1) is 0 Å². The van der Waals surface area contributed by atoms with Crippen LogP contribution in [0.3, 0.4) is 0 Å². The van der Waals surface area contributed by atoms with Gasteiger partial charge in [0, 0.05) is 6.20 Å². The second-order valence-electron chi connectivity index (χ2n) is 5.44. The number of hydrogen-bond acceptors (Lipinski definition) is 4. The minimum absolute atomic E-state index is 0.207. The third kappa shape index (κ3) is 3.66. The van der Waals surface area contributed by atoms with Crippen molar-refractivity contribution in [2.75, 3.05) is 7.11 Å². The Labute approximate surface area is 125 Å². The Bertz CT molecular complexity index is 592. The van der Waals surface area contributed by atoms with Crippen molar-refractivity contribution in [3.63, 3.8) is 0 Å². The molecule has 22 heavy (non-hydrogen) atoms. The van der Waals surface area contributed by atoms with Crippen LogP contribution in [-0.4, -0.2) is 22.6 Å². The third-order valence-corrected chi connectivity index (χ3v) is 3.96. The number of methoxy groups -OCH3 is 1. The molecule has 1 saturated carbocycles. The summed E-state index contributed by atoms with van der Waals surface area (Å²) in [4.78, 5) is 26.9. The highest BCUT2D eigenvalue weighted by molar-refractivity contribution is 5.74. The Balaban J connectivity index is 2.37. The van der Waals surface area contributed by atoms with Crippen LogP contribution in [0.15, 0.2) is 17.2 Å². The summed E-state index contributed by atoms with van der Waals surface area (Å²) in [5.41, 5.74) is -1.95. The van der Waals surface area contributed by atoms with E-state index in [0.717, 1.165) is 37.4 Å². The molecule has 0 bridgehead atoms. The van der Waals surface area contributed by atoms with E-state index in [-0.39, 0.29) is 5.92 Å². The van der Waals surface area contributed by atoms with Crippen molar-refractivity contribution in [1.82, 2.24) is 9.55 Å². The number of rotatable bonds is 4. The SMILES string of the molecule is COC(=O)[C@H](CC1CCCC1)n1cc(C(F)(F)F)ncc1=O. The maximum absolute atomic E-state index is 12.8. The molecule has 122 valence electrons. The lowest BCUT2D eigenvalue weighted by atomic mass is 9.98. The lowest BCUT2D eigenvalue weighted by Crippen LogP contribution is -2.33. The van der Waals surface area contributed by atoms with Gasteiger partial charge in [0.1, 0.15) is 6.04 Å². The van der Waals surface area contributed by atoms with E-state index in [1.807, 2.05) is 0 Å². The lowest BCUT2D eigenvalue weighted by Gasteiger charge is -2.21. The van der Waals surface area contributed by atoms with Crippen molar-refractivity contribution < 1.29 is 22.7 Å². The van der Waals surface area contributed by atoms with Crippen LogP contribution >= 0.6 is 0 Å². The van der Waals surface area contributed by atoms with E-state index < -0.39 is 29.4 Å². The van der Waals surface area contributed by atoms with Gasteiger partial charge in [-0.1, -0.05) is 25.7 Å². The van der Waals surface area contributed by atoms with Gasteiger partial charge in [0.25, 0.3) is 5.56 Å². The van der Waals surface area contributed by atoms with Crippen LogP contribution in [0.1, 0.15) is 43.8 Å². The van der Waals surface area contributed by atoms with E-state index in [1.165, 1.54) is 0 Å². The number of nitrogens with zero attached hydrogens (tertiary/aromatic N) is 2. The fraction of sp³-hybridized carbons (Fsp3) is 0.643. The standard InChI is InChI=1S/C14H17F3N2O3/c1-22-13(21)10(6-9-4-2-3-5-9)19-8-11(14(15,16)17)18-7-12(19)20/h7-10H,2-6H2,1H3/t10-/m0/s1. The molecule has 0 spiro atoms. The van der Waals surface area contributed by atoms with Crippen LogP contribution in [0.5, 0.6) is 0 Å². The molecule has 0 aliphatic heterocycles. The second kappa shape index (κ2) is 6.50. The molecule has 0 amide bonds. The Hall–Kier alpha value is -1.86. The topological polar surface area (TPSA) is 61.2 Å². The number of halogens is 3. The molecule has 0 radical (unpaired) electrons. The average Bonchev–Trinajstić information content (AvgIpc) is 2.96. The molecular weight excluding hydrogens is 301 g/mol. The molecule has 0 unspecified atom stereocenters. The van der Waals surface area contributed by atoms with Crippen molar-refractivity contribution in [3.05, 3.63) is 28.4 Å². The molecule has 0 N–H and O–H groups in total. The predicted molar refractivity (Wildman–Crippen MR) is 71.1 cm³/mol. The van der Waals surface area contributed by atoms with Crippen molar-refractivity contribution >= 4 is 5.97 Å². The largest absolute Gasteiger partial charge is 0.467 e. The number of ether oxygens (including phenoxy) is 1. The third-order valence-electron chi connectivity index (χ3n) is 3.96. The fourth-order valence-corrected chi connectivity index (χ4v) is 2.83. The van der Waals surface area contributed by atoms with Crippen LogP contribution in [0, 0.1) is 5.92 Å². The van der Waals surface area contributed by atoms with E-state index >= 15 is 0 Å². The molecule has 0 aromatic carbocycles. The second-order valence-corrected chi connectivity index (χ2v) is 5.44. The Morgan fingerprint density at radius 3 is 2.64 bits per heavy atom. The number of esters is 1. The number of carbonyl (C=O) groups excluding carboxylic acids is 1. The number of aromatic nitrogens is 2. The maximum atomic E-state index is 12.8. The van der Waals surface area contributed by atoms with Gasteiger partial charge >= 0.3 is 12.1 Å². The molecule has 2 rings (SSSR count). The van der Waals surface area contributed by atoms with Crippen molar-refractivity contribution in [2.45, 2.75) is 44.3 Å². The molecule has 1 aromatic rings. The van der Waals surface area contributed by atoms with Crippen molar-refractivity contribution in [1.29, 1.82) is 0 Å². The highest BCUT2D eigenvalue weighted by Gasteiger charge is 2.35. The lowest BCUT2D eigenvalue weighted by molar-refractivity contribution is -0.147. The van der Waals surface area contributed by atoms with Crippen molar-refractivity contribution in [2.24, 2.45) is 5.92 Å². The van der Waals surface area contributed by atoms with Crippen LogP contribution in [0.4, 0.5) is 13.2 Å². The summed E-state index contributed by atoms with van der Waals surface area (Å²) in [5.74, 6) is -0.508. The first-order chi connectivity index (χ1) is 10.3. The monoisotopic (exact) mass is 318 g/mol. The Kier molecular flexibility index (Phi) is 4.87. The van der Waals surface area contributed by atoms with Crippen molar-refractivity contribution in [3.8, 4) is 0 Å². The zero-order valence-electron chi connectivity index (χ0n) is 12.1. The van der Waals surface area contributed by atoms with Gasteiger partial charge in [0.15, 0.2) is 5.69 Å². The summed E-state index contributed by atoms with van der Waals surface area (Å²) in [6.45, 7) is 0. The molecule has 1 aliphatic carbocycles. The molecule has 8 heteroatoms. The minimum atomic E-state index is -4.68. The molecule has 1 aliphatic rings. The summed E-state index contributed by atoms with van der Waals surface area (Å²) < 4.78 is 43.7. The zero-order chi connectivity index (χ0) is 16.3. The highest BCUT2D eigenvalue weighted by atomic mass is 19.4. The van der Waals surface area contributed by atoms with Gasteiger partial charge in [0.05, 0.1) is 13.3 Å². The minimum Gasteiger partial charge on any atom is -0.467 e. The Morgan fingerprint density at radius 1 is 1.45 bits per heavy atom. The fourth-order valence-electron chi connectivity index (χ4n) is 2.83. The van der Waals surface area contributed by atoms with E-state index in [0.29, 0.717) is 18.8 Å². The summed E-state index contributed by atoms with van der Waals surface area (Å²) in [7, 11) is 1.15. The summed E-state index contributed by atoms with van der Waals surface area (Å²) in [6, 6.07) is -1.05. The normalized spacial score (nSPS) is 17.5. The van der Waals surface area contributed by atoms with Gasteiger partial charge in [-0.2, -0.15) is 13.2 Å². The molecule has 0 saturated heterocycles. The highest BCUT2D eigenvalue weighted by Crippen LogP contribution is 2.33. The summed E-state index contributed by atoms with van der Waals surface area (Å²) in [6.07, 6.45) is 0.664. The first-order valence-electron chi connectivity index (χ1n) is 7.06. The van der Waals surface area contributed by atoms with Gasteiger partial charge < -0.3 is 4.74 Å². The van der Waals surface area contributed by atoms with E-state index in [4.69, 9.17) is 0 Å². The molecular formula is C14H17F3N2O3. The maximum Gasteiger partial charge on any atom is 0.434 e. The first kappa shape index (κ1) is 16.5. The molecule has 1 heterocycles. The first-order valence-corrected chi connectivity index (χ1v) is 7.06. The quantitative estimate of drug-likeness (QED) is 0.801. The molecule has 1 atom stereocenters. The van der Waals surface area contributed by atoms with Gasteiger partial charge in [-0.05, 0) is 12.3 Å². The molecule has 1 aromatic heterocycles. The van der Waals surface area contributed by atoms with E-state index in [2.05, 4.69) is 9.72 Å². The molecule has 5 nitrogen and oxygen atoms in total. The van der Waals surface area contributed by atoms with Gasteiger partial charge in [-0.3, -0.25) is 9.36 Å².